The fourth-order valence-electron chi connectivity index (χ4n) is 2.47. The number of morpholine rings is 1. The van der Waals surface area contributed by atoms with Gasteiger partial charge in [0.15, 0.2) is 5.76 Å². The van der Waals surface area contributed by atoms with E-state index in [1.807, 2.05) is 25.1 Å². The molecule has 3 heterocycles. The van der Waals surface area contributed by atoms with Crippen molar-refractivity contribution in [2.24, 2.45) is 0 Å². The lowest BCUT2D eigenvalue weighted by Crippen LogP contribution is -2.33. The van der Waals surface area contributed by atoms with Crippen LogP contribution in [0, 0.1) is 6.92 Å². The average Bonchev–Trinajstić information content (AvgIpc) is 3.14. The smallest absolute Gasteiger partial charge is 0.293 e. The first kappa shape index (κ1) is 12.6. The summed E-state index contributed by atoms with van der Waals surface area (Å²) in [7, 11) is 0. The molecule has 1 unspecified atom stereocenters. The molecule has 1 atom stereocenters. The minimum absolute atomic E-state index is 0.164. The van der Waals surface area contributed by atoms with E-state index in [0.717, 1.165) is 17.5 Å². The van der Waals surface area contributed by atoms with E-state index in [9.17, 15) is 0 Å². The van der Waals surface area contributed by atoms with Crippen LogP contribution in [-0.4, -0.2) is 29.8 Å². The first-order valence-corrected chi connectivity index (χ1v) is 6.96. The van der Waals surface area contributed by atoms with E-state index >= 15 is 0 Å². The highest BCUT2D eigenvalue weighted by Crippen LogP contribution is 2.28. The molecule has 0 spiro atoms. The van der Waals surface area contributed by atoms with Gasteiger partial charge in [-0.25, -0.2) is 0 Å². The van der Waals surface area contributed by atoms with Crippen molar-refractivity contribution >= 4 is 11.0 Å². The van der Waals surface area contributed by atoms with Crippen LogP contribution in [0.4, 0.5) is 0 Å². The highest BCUT2D eigenvalue weighted by Gasteiger charge is 2.23. The van der Waals surface area contributed by atoms with Gasteiger partial charge in [0.25, 0.3) is 5.89 Å². The van der Waals surface area contributed by atoms with Crippen LogP contribution in [0.3, 0.4) is 0 Å². The fraction of sp³-hybridized carbons (Fsp3) is 0.333. The lowest BCUT2D eigenvalue weighted by molar-refractivity contribution is 0.0208. The minimum atomic E-state index is -0.164. The van der Waals surface area contributed by atoms with Crippen molar-refractivity contribution in [3.05, 3.63) is 35.7 Å². The Hall–Kier alpha value is -2.18. The number of hydrogen-bond donors (Lipinski definition) is 1. The molecule has 6 heteroatoms. The summed E-state index contributed by atoms with van der Waals surface area (Å²) in [6.07, 6.45) is -0.164. The average molecular weight is 285 g/mol. The largest absolute Gasteiger partial charge is 0.451 e. The lowest BCUT2D eigenvalue weighted by Gasteiger charge is -2.20. The van der Waals surface area contributed by atoms with Crippen molar-refractivity contribution < 1.29 is 13.7 Å². The highest BCUT2D eigenvalue weighted by molar-refractivity contribution is 5.82. The molecule has 0 amide bonds. The Labute approximate surface area is 121 Å². The second-order valence-corrected chi connectivity index (χ2v) is 5.17. The molecule has 0 aliphatic carbocycles. The summed E-state index contributed by atoms with van der Waals surface area (Å²) in [5.74, 6) is 1.51. The number of ether oxygens (including phenoxy) is 1. The Kier molecular flexibility index (Phi) is 2.98. The first-order chi connectivity index (χ1) is 10.3. The fourth-order valence-corrected chi connectivity index (χ4v) is 2.47. The molecule has 3 aromatic rings. The van der Waals surface area contributed by atoms with E-state index in [0.29, 0.717) is 30.6 Å². The number of hydrogen-bond acceptors (Lipinski definition) is 6. The zero-order valence-corrected chi connectivity index (χ0v) is 11.6. The molecule has 2 aromatic heterocycles. The third-order valence-corrected chi connectivity index (χ3v) is 3.54. The maximum absolute atomic E-state index is 5.76. The van der Waals surface area contributed by atoms with Gasteiger partial charge >= 0.3 is 0 Å². The van der Waals surface area contributed by atoms with Gasteiger partial charge in [0.2, 0.25) is 5.82 Å². The van der Waals surface area contributed by atoms with E-state index in [-0.39, 0.29) is 6.10 Å². The molecule has 1 aliphatic heterocycles. The number of rotatable bonds is 2. The lowest BCUT2D eigenvalue weighted by atomic mass is 10.2. The van der Waals surface area contributed by atoms with Crippen LogP contribution in [0.15, 0.2) is 33.2 Å². The quantitative estimate of drug-likeness (QED) is 0.779. The van der Waals surface area contributed by atoms with E-state index in [4.69, 9.17) is 13.7 Å². The van der Waals surface area contributed by atoms with Crippen molar-refractivity contribution in [2.45, 2.75) is 13.0 Å². The Morgan fingerprint density at radius 2 is 2.24 bits per heavy atom. The zero-order chi connectivity index (χ0) is 14.2. The van der Waals surface area contributed by atoms with Crippen LogP contribution >= 0.6 is 0 Å². The first-order valence-electron chi connectivity index (χ1n) is 6.96. The second kappa shape index (κ2) is 4.98. The summed E-state index contributed by atoms with van der Waals surface area (Å²) in [5.41, 5.74) is 1.99. The van der Waals surface area contributed by atoms with Gasteiger partial charge in [-0.2, -0.15) is 4.98 Å². The topological polar surface area (TPSA) is 73.3 Å². The van der Waals surface area contributed by atoms with Gasteiger partial charge in [-0.15, -0.1) is 0 Å². The normalized spacial score (nSPS) is 19.2. The number of aryl methyl sites for hydroxylation is 1. The molecule has 1 fully saturated rings. The van der Waals surface area contributed by atoms with Gasteiger partial charge in [0, 0.05) is 18.5 Å². The van der Waals surface area contributed by atoms with Gasteiger partial charge in [-0.1, -0.05) is 16.8 Å². The molecule has 6 nitrogen and oxygen atoms in total. The Bertz CT molecular complexity index is 771. The number of nitrogens with zero attached hydrogens (tertiary/aromatic N) is 2. The molecule has 108 valence electrons. The Morgan fingerprint density at radius 3 is 3.10 bits per heavy atom. The summed E-state index contributed by atoms with van der Waals surface area (Å²) in [6, 6.07) is 7.93. The summed E-state index contributed by atoms with van der Waals surface area (Å²) in [5, 5.41) is 8.26. The van der Waals surface area contributed by atoms with Crippen molar-refractivity contribution in [1.82, 2.24) is 15.5 Å². The van der Waals surface area contributed by atoms with Gasteiger partial charge in [0.05, 0.1) is 6.61 Å². The SMILES string of the molecule is Cc1ccc2oc(-c3nc(C4CNCCO4)no3)cc2c1. The van der Waals surface area contributed by atoms with Gasteiger partial charge in [-0.05, 0) is 25.1 Å². The summed E-state index contributed by atoms with van der Waals surface area (Å²) >= 11 is 0. The number of aromatic nitrogens is 2. The van der Waals surface area contributed by atoms with E-state index in [1.165, 1.54) is 5.56 Å². The molecule has 21 heavy (non-hydrogen) atoms. The number of nitrogens with one attached hydrogen (secondary N) is 1. The van der Waals surface area contributed by atoms with E-state index in [2.05, 4.69) is 21.5 Å². The highest BCUT2D eigenvalue weighted by atomic mass is 16.5. The Morgan fingerprint density at radius 1 is 1.29 bits per heavy atom. The van der Waals surface area contributed by atoms with Crippen LogP contribution < -0.4 is 5.32 Å². The molecule has 4 rings (SSSR count). The molecule has 0 bridgehead atoms. The van der Waals surface area contributed by atoms with Gasteiger partial charge in [-0.3, -0.25) is 0 Å². The Balaban J connectivity index is 1.67. The van der Waals surface area contributed by atoms with Crippen LogP contribution in [-0.2, 0) is 4.74 Å². The minimum Gasteiger partial charge on any atom is -0.451 e. The van der Waals surface area contributed by atoms with Crippen LogP contribution in [0.25, 0.3) is 22.6 Å². The zero-order valence-electron chi connectivity index (χ0n) is 11.6. The molecule has 1 saturated heterocycles. The molecule has 1 aromatic carbocycles. The molecular weight excluding hydrogens is 270 g/mol. The monoisotopic (exact) mass is 285 g/mol. The molecule has 1 aliphatic rings. The summed E-state index contributed by atoms with van der Waals surface area (Å²) in [4.78, 5) is 4.39. The molecule has 0 radical (unpaired) electrons. The van der Waals surface area contributed by atoms with Crippen LogP contribution in [0.2, 0.25) is 0 Å². The van der Waals surface area contributed by atoms with E-state index < -0.39 is 0 Å². The predicted octanol–water partition coefficient (Wildman–Crippen LogP) is 2.45. The van der Waals surface area contributed by atoms with Crippen LogP contribution in [0.1, 0.15) is 17.5 Å². The summed E-state index contributed by atoms with van der Waals surface area (Å²) < 4.78 is 16.7. The summed E-state index contributed by atoms with van der Waals surface area (Å²) in [6.45, 7) is 4.24. The van der Waals surface area contributed by atoms with E-state index in [1.54, 1.807) is 0 Å². The van der Waals surface area contributed by atoms with Gasteiger partial charge in [0.1, 0.15) is 11.7 Å². The maximum Gasteiger partial charge on any atom is 0.293 e. The van der Waals surface area contributed by atoms with Crippen molar-refractivity contribution in [3.63, 3.8) is 0 Å². The maximum atomic E-state index is 5.76. The molecule has 1 N–H and O–H groups in total. The van der Waals surface area contributed by atoms with Gasteiger partial charge < -0.3 is 19.0 Å². The molecule has 0 saturated carbocycles. The number of furan rings is 1. The van der Waals surface area contributed by atoms with Crippen molar-refractivity contribution in [3.8, 4) is 11.7 Å². The third-order valence-electron chi connectivity index (χ3n) is 3.54. The van der Waals surface area contributed by atoms with Crippen LogP contribution in [0.5, 0.6) is 0 Å². The van der Waals surface area contributed by atoms with Crippen molar-refractivity contribution in [1.29, 1.82) is 0 Å². The standard InChI is InChI=1S/C15H15N3O3/c1-9-2-3-11-10(6-9)7-12(20-11)15-17-14(18-21-15)13-8-16-4-5-19-13/h2-3,6-7,13,16H,4-5,8H2,1H3. The second-order valence-electron chi connectivity index (χ2n) is 5.17. The van der Waals surface area contributed by atoms with Crippen molar-refractivity contribution in [2.75, 3.05) is 19.7 Å². The number of benzene rings is 1. The third kappa shape index (κ3) is 2.32. The predicted molar refractivity (Wildman–Crippen MR) is 75.8 cm³/mol. The number of fused-ring (bicyclic) bond motifs is 1. The molecular formula is C15H15N3O3.